The summed E-state index contributed by atoms with van der Waals surface area (Å²) in [5.41, 5.74) is 2.28. The fraction of sp³-hybridized carbons (Fsp3) is 0.357. The van der Waals surface area contributed by atoms with Gasteiger partial charge in [0.15, 0.2) is 0 Å². The minimum atomic E-state index is 0.779. The maximum absolute atomic E-state index is 4.56. The highest BCUT2D eigenvalue weighted by Gasteiger charge is 2.06. The molecule has 0 amide bonds. The van der Waals surface area contributed by atoms with Crippen molar-refractivity contribution in [2.75, 3.05) is 25.0 Å². The number of nitrogens with zero attached hydrogens (tertiary/aromatic N) is 2. The summed E-state index contributed by atoms with van der Waals surface area (Å²) < 4.78 is 0. The molecule has 0 saturated heterocycles. The summed E-state index contributed by atoms with van der Waals surface area (Å²) in [6, 6.07) is 4.20. The molecule has 0 aliphatic carbocycles. The summed E-state index contributed by atoms with van der Waals surface area (Å²) >= 11 is 0. The molecule has 1 rings (SSSR count). The van der Waals surface area contributed by atoms with Crippen LogP contribution in [0.2, 0.25) is 0 Å². The zero-order chi connectivity index (χ0) is 12.7. The van der Waals surface area contributed by atoms with Crippen LogP contribution in [0.15, 0.2) is 37.4 Å². The molecule has 0 unspecified atom stereocenters. The van der Waals surface area contributed by atoms with Gasteiger partial charge in [0.25, 0.3) is 0 Å². The smallest absolute Gasteiger partial charge is 0.129 e. The SMILES string of the molecule is C=CCN(CC=C)c1cc(CNC)cc(C)n1. The van der Waals surface area contributed by atoms with Gasteiger partial charge in [-0.3, -0.25) is 0 Å². The molecular weight excluding hydrogens is 210 g/mol. The number of nitrogens with one attached hydrogen (secondary N) is 1. The van der Waals surface area contributed by atoms with Gasteiger partial charge in [0.05, 0.1) is 0 Å². The Morgan fingerprint density at radius 2 is 1.94 bits per heavy atom. The molecule has 0 aliphatic rings. The predicted molar refractivity (Wildman–Crippen MR) is 74.3 cm³/mol. The van der Waals surface area contributed by atoms with Crippen LogP contribution < -0.4 is 10.2 Å². The van der Waals surface area contributed by atoms with E-state index in [0.29, 0.717) is 0 Å². The molecule has 0 atom stereocenters. The van der Waals surface area contributed by atoms with Crippen LogP contribution in [0.4, 0.5) is 5.82 Å². The van der Waals surface area contributed by atoms with Gasteiger partial charge >= 0.3 is 0 Å². The summed E-state index contributed by atoms with van der Waals surface area (Å²) in [7, 11) is 1.95. The number of hydrogen-bond acceptors (Lipinski definition) is 3. The lowest BCUT2D eigenvalue weighted by Gasteiger charge is -2.21. The fourth-order valence-electron chi connectivity index (χ4n) is 1.76. The summed E-state index contributed by atoms with van der Waals surface area (Å²) in [5, 5.41) is 3.15. The van der Waals surface area contributed by atoms with E-state index in [1.807, 2.05) is 26.1 Å². The largest absolute Gasteiger partial charge is 0.349 e. The number of rotatable bonds is 7. The Morgan fingerprint density at radius 1 is 1.29 bits per heavy atom. The zero-order valence-corrected chi connectivity index (χ0v) is 10.7. The van der Waals surface area contributed by atoms with E-state index in [-0.39, 0.29) is 0 Å². The van der Waals surface area contributed by atoms with Crippen LogP contribution in [0.5, 0.6) is 0 Å². The third-order valence-corrected chi connectivity index (χ3v) is 2.40. The molecule has 0 aliphatic heterocycles. The summed E-state index contributed by atoms with van der Waals surface area (Å²) in [6.45, 7) is 12.0. The minimum Gasteiger partial charge on any atom is -0.349 e. The number of pyridine rings is 1. The van der Waals surface area contributed by atoms with Crippen molar-refractivity contribution in [1.29, 1.82) is 0 Å². The van der Waals surface area contributed by atoms with Crippen molar-refractivity contribution in [2.24, 2.45) is 0 Å². The molecule has 1 aromatic rings. The highest BCUT2D eigenvalue weighted by molar-refractivity contribution is 5.44. The van der Waals surface area contributed by atoms with Gasteiger partial charge in [0.2, 0.25) is 0 Å². The summed E-state index contributed by atoms with van der Waals surface area (Å²) in [5.74, 6) is 0.982. The van der Waals surface area contributed by atoms with E-state index in [1.165, 1.54) is 5.56 Å². The Bertz CT molecular complexity index is 375. The Labute approximate surface area is 104 Å². The zero-order valence-electron chi connectivity index (χ0n) is 10.7. The van der Waals surface area contributed by atoms with E-state index in [4.69, 9.17) is 0 Å². The second kappa shape index (κ2) is 6.86. The van der Waals surface area contributed by atoms with Gasteiger partial charge in [-0.1, -0.05) is 12.2 Å². The lowest BCUT2D eigenvalue weighted by molar-refractivity contribution is 0.810. The van der Waals surface area contributed by atoms with Gasteiger partial charge in [0, 0.05) is 25.3 Å². The molecule has 17 heavy (non-hydrogen) atoms. The second-order valence-corrected chi connectivity index (χ2v) is 3.99. The van der Waals surface area contributed by atoms with Crippen LogP contribution in [0.25, 0.3) is 0 Å². The minimum absolute atomic E-state index is 0.779. The molecule has 0 saturated carbocycles. The normalized spacial score (nSPS) is 10.0. The van der Waals surface area contributed by atoms with E-state index >= 15 is 0 Å². The fourth-order valence-corrected chi connectivity index (χ4v) is 1.76. The molecule has 0 radical (unpaired) electrons. The number of aromatic nitrogens is 1. The van der Waals surface area contributed by atoms with Crippen molar-refractivity contribution >= 4 is 5.82 Å². The molecule has 0 fully saturated rings. The Balaban J connectivity index is 2.99. The summed E-state index contributed by atoms with van der Waals surface area (Å²) in [6.07, 6.45) is 3.76. The van der Waals surface area contributed by atoms with Gasteiger partial charge in [-0.05, 0) is 31.7 Å². The number of aryl methyl sites for hydroxylation is 1. The first-order chi connectivity index (χ1) is 8.21. The number of anilines is 1. The summed E-state index contributed by atoms with van der Waals surface area (Å²) in [4.78, 5) is 6.70. The van der Waals surface area contributed by atoms with Crippen molar-refractivity contribution in [1.82, 2.24) is 10.3 Å². The first kappa shape index (κ1) is 13.5. The highest BCUT2D eigenvalue weighted by atomic mass is 15.2. The Hall–Kier alpha value is -1.61. The predicted octanol–water partition coefficient (Wildman–Crippen LogP) is 2.29. The van der Waals surface area contributed by atoms with Crippen LogP contribution >= 0.6 is 0 Å². The monoisotopic (exact) mass is 231 g/mol. The van der Waals surface area contributed by atoms with Crippen LogP contribution in [0.1, 0.15) is 11.3 Å². The van der Waals surface area contributed by atoms with Crippen molar-refractivity contribution in [3.63, 3.8) is 0 Å². The maximum Gasteiger partial charge on any atom is 0.129 e. The van der Waals surface area contributed by atoms with E-state index in [2.05, 4.69) is 40.5 Å². The third kappa shape index (κ3) is 4.04. The van der Waals surface area contributed by atoms with E-state index < -0.39 is 0 Å². The second-order valence-electron chi connectivity index (χ2n) is 3.99. The van der Waals surface area contributed by atoms with E-state index in [1.54, 1.807) is 0 Å². The van der Waals surface area contributed by atoms with Gasteiger partial charge < -0.3 is 10.2 Å². The van der Waals surface area contributed by atoms with Crippen LogP contribution in [-0.4, -0.2) is 25.1 Å². The van der Waals surface area contributed by atoms with E-state index in [0.717, 1.165) is 31.1 Å². The van der Waals surface area contributed by atoms with Gasteiger partial charge in [-0.15, -0.1) is 13.2 Å². The molecule has 1 heterocycles. The lowest BCUT2D eigenvalue weighted by atomic mass is 10.2. The number of hydrogen-bond donors (Lipinski definition) is 1. The molecule has 3 heteroatoms. The molecule has 1 aromatic heterocycles. The quantitative estimate of drug-likeness (QED) is 0.730. The molecule has 3 nitrogen and oxygen atoms in total. The molecule has 1 N–H and O–H groups in total. The molecule has 92 valence electrons. The average molecular weight is 231 g/mol. The molecule has 0 spiro atoms. The van der Waals surface area contributed by atoms with E-state index in [9.17, 15) is 0 Å². The van der Waals surface area contributed by atoms with Crippen molar-refractivity contribution in [2.45, 2.75) is 13.5 Å². The van der Waals surface area contributed by atoms with Crippen molar-refractivity contribution in [3.05, 3.63) is 48.7 Å². The van der Waals surface area contributed by atoms with Crippen LogP contribution in [0.3, 0.4) is 0 Å². The third-order valence-electron chi connectivity index (χ3n) is 2.40. The first-order valence-corrected chi connectivity index (χ1v) is 5.80. The Morgan fingerprint density at radius 3 is 2.47 bits per heavy atom. The molecule has 0 bridgehead atoms. The molecule has 0 aromatic carbocycles. The van der Waals surface area contributed by atoms with Crippen molar-refractivity contribution in [3.8, 4) is 0 Å². The van der Waals surface area contributed by atoms with Crippen LogP contribution in [0, 0.1) is 6.92 Å². The lowest BCUT2D eigenvalue weighted by Crippen LogP contribution is -2.24. The van der Waals surface area contributed by atoms with Gasteiger partial charge in [-0.2, -0.15) is 0 Å². The Kier molecular flexibility index (Phi) is 5.43. The van der Waals surface area contributed by atoms with Crippen LogP contribution in [-0.2, 0) is 6.54 Å². The standard InChI is InChI=1S/C14H21N3/c1-5-7-17(8-6-2)14-10-13(11-15-4)9-12(3)16-14/h5-6,9-10,15H,1-2,7-8,11H2,3-4H3. The van der Waals surface area contributed by atoms with Gasteiger partial charge in [0.1, 0.15) is 5.82 Å². The average Bonchev–Trinajstić information content (AvgIpc) is 2.28. The van der Waals surface area contributed by atoms with Crippen molar-refractivity contribution < 1.29 is 0 Å². The maximum atomic E-state index is 4.56. The highest BCUT2D eigenvalue weighted by Crippen LogP contribution is 2.15. The first-order valence-electron chi connectivity index (χ1n) is 5.80. The van der Waals surface area contributed by atoms with Gasteiger partial charge in [-0.25, -0.2) is 4.98 Å². The molecular formula is C14H21N3. The topological polar surface area (TPSA) is 28.2 Å².